The van der Waals surface area contributed by atoms with Crippen molar-refractivity contribution in [2.75, 3.05) is 6.61 Å². The van der Waals surface area contributed by atoms with Crippen LogP contribution in [0, 0.1) is 0 Å². The minimum atomic E-state index is -1.00. The number of hydrogen-bond acceptors (Lipinski definition) is 5. The fourth-order valence-electron chi connectivity index (χ4n) is 2.14. The summed E-state index contributed by atoms with van der Waals surface area (Å²) < 4.78 is 12.6. The van der Waals surface area contributed by atoms with Gasteiger partial charge in [-0.2, -0.15) is 5.10 Å². The van der Waals surface area contributed by atoms with Gasteiger partial charge in [0.15, 0.2) is 0 Å². The van der Waals surface area contributed by atoms with Gasteiger partial charge in [0.05, 0.1) is 18.2 Å². The van der Waals surface area contributed by atoms with Crippen molar-refractivity contribution in [3.63, 3.8) is 0 Å². The van der Waals surface area contributed by atoms with Crippen molar-refractivity contribution in [1.82, 2.24) is 15.1 Å². The number of aromatic nitrogens is 2. The van der Waals surface area contributed by atoms with Crippen LogP contribution in [0.15, 0.2) is 42.7 Å². The molecule has 0 saturated heterocycles. The van der Waals surface area contributed by atoms with Gasteiger partial charge in [-0.05, 0) is 51.1 Å². The molecule has 1 heterocycles. The second-order valence-corrected chi connectivity index (χ2v) is 6.71. The van der Waals surface area contributed by atoms with Crippen LogP contribution in [0.25, 0.3) is 0 Å². The van der Waals surface area contributed by atoms with E-state index in [0.29, 0.717) is 12.3 Å². The zero-order chi connectivity index (χ0) is 19.2. The lowest BCUT2D eigenvalue weighted by Gasteiger charge is -2.24. The number of hydrogen-bond donors (Lipinski definition) is 2. The van der Waals surface area contributed by atoms with Crippen LogP contribution in [0.5, 0.6) is 5.75 Å². The maximum absolute atomic E-state index is 12.0. The highest BCUT2D eigenvalue weighted by Crippen LogP contribution is 2.13. The largest absolute Gasteiger partial charge is 0.491 e. The Labute approximate surface area is 151 Å². The van der Waals surface area contributed by atoms with E-state index in [0.717, 1.165) is 0 Å². The predicted molar refractivity (Wildman–Crippen MR) is 94.3 cm³/mol. The van der Waals surface area contributed by atoms with Gasteiger partial charge in [-0.1, -0.05) is 0 Å². The van der Waals surface area contributed by atoms with Crippen LogP contribution < -0.4 is 10.1 Å². The summed E-state index contributed by atoms with van der Waals surface area (Å²) in [7, 11) is 0. The molecular weight excluding hydrogens is 338 g/mol. The van der Waals surface area contributed by atoms with E-state index in [2.05, 4.69) is 10.4 Å². The molecule has 1 atom stereocenters. The Balaban J connectivity index is 1.98. The Morgan fingerprint density at radius 2 is 1.96 bits per heavy atom. The third-order valence-corrected chi connectivity index (χ3v) is 3.24. The Bertz CT molecular complexity index is 720. The Hall–Kier alpha value is -3.03. The number of alkyl carbamates (subject to hydrolysis) is 1. The van der Waals surface area contributed by atoms with E-state index in [1.165, 1.54) is 12.1 Å². The maximum atomic E-state index is 12.0. The molecule has 0 fully saturated rings. The fraction of sp³-hybridized carbons (Fsp3) is 0.389. The molecule has 2 N–H and O–H groups in total. The molecule has 0 aliphatic rings. The number of carbonyl (C=O) groups is 2. The number of nitrogens with zero attached hydrogens (tertiary/aromatic N) is 2. The average molecular weight is 361 g/mol. The summed E-state index contributed by atoms with van der Waals surface area (Å²) in [6.07, 6.45) is 2.89. The third kappa shape index (κ3) is 6.46. The zero-order valence-electron chi connectivity index (χ0n) is 15.0. The second-order valence-electron chi connectivity index (χ2n) is 6.71. The van der Waals surface area contributed by atoms with E-state index < -0.39 is 17.7 Å². The molecule has 8 nitrogen and oxygen atoms in total. The monoisotopic (exact) mass is 361 g/mol. The molecule has 0 aliphatic heterocycles. The molecule has 26 heavy (non-hydrogen) atoms. The quantitative estimate of drug-likeness (QED) is 0.786. The fourth-order valence-corrected chi connectivity index (χ4v) is 2.14. The number of carboxylic acids is 1. The smallest absolute Gasteiger partial charge is 0.408 e. The first-order valence-corrected chi connectivity index (χ1v) is 8.16. The number of carbonyl (C=O) groups excluding carboxylic acids is 1. The van der Waals surface area contributed by atoms with Crippen LogP contribution in [0.2, 0.25) is 0 Å². The molecule has 0 spiro atoms. The molecular formula is C18H23N3O5. The van der Waals surface area contributed by atoms with Gasteiger partial charge in [0.25, 0.3) is 0 Å². The predicted octanol–water partition coefficient (Wildman–Crippen LogP) is 2.55. The summed E-state index contributed by atoms with van der Waals surface area (Å²) in [5, 5.41) is 15.8. The minimum absolute atomic E-state index is 0.172. The Kier molecular flexibility index (Phi) is 6.21. The zero-order valence-corrected chi connectivity index (χ0v) is 15.0. The molecule has 0 saturated carbocycles. The lowest BCUT2D eigenvalue weighted by Crippen LogP contribution is -2.44. The number of amides is 1. The normalized spacial score (nSPS) is 12.3. The first-order valence-electron chi connectivity index (χ1n) is 8.16. The molecule has 8 heteroatoms. The second kappa shape index (κ2) is 8.37. The molecule has 1 aromatic heterocycles. The first-order chi connectivity index (χ1) is 12.2. The Morgan fingerprint density at radius 1 is 1.27 bits per heavy atom. The van der Waals surface area contributed by atoms with Gasteiger partial charge < -0.3 is 19.9 Å². The minimum Gasteiger partial charge on any atom is -0.491 e. The van der Waals surface area contributed by atoms with Gasteiger partial charge in [-0.3, -0.25) is 4.68 Å². The lowest BCUT2D eigenvalue weighted by molar-refractivity contribution is 0.0479. The molecule has 140 valence electrons. The van der Waals surface area contributed by atoms with Gasteiger partial charge in [-0.25, -0.2) is 9.59 Å². The number of rotatable bonds is 7. The molecule has 0 radical (unpaired) electrons. The topological polar surface area (TPSA) is 103 Å². The highest BCUT2D eigenvalue weighted by molar-refractivity contribution is 5.87. The van der Waals surface area contributed by atoms with Gasteiger partial charge in [-0.15, -0.1) is 0 Å². The van der Waals surface area contributed by atoms with Gasteiger partial charge in [0, 0.05) is 12.4 Å². The van der Waals surface area contributed by atoms with Crippen LogP contribution >= 0.6 is 0 Å². The summed E-state index contributed by atoms with van der Waals surface area (Å²) in [4.78, 5) is 22.9. The average Bonchev–Trinajstić information content (AvgIpc) is 3.04. The Morgan fingerprint density at radius 3 is 2.50 bits per heavy atom. The van der Waals surface area contributed by atoms with Crippen LogP contribution in [0.1, 0.15) is 31.1 Å². The summed E-state index contributed by atoms with van der Waals surface area (Å²) in [6, 6.07) is 7.46. The standard InChI is InChI=1S/C18H23N3O5/c1-18(2,3)26-17(24)20-14(11-21-10-4-9-19-21)12-25-15-7-5-13(6-8-15)16(22)23/h4-10,14H,11-12H2,1-3H3,(H,20,24)(H,22,23)/t14-/m1/s1. The van der Waals surface area contributed by atoms with Crippen molar-refractivity contribution >= 4 is 12.1 Å². The number of carboxylic acid groups (broad SMARTS) is 1. The van der Waals surface area contributed by atoms with Gasteiger partial charge in [0.2, 0.25) is 0 Å². The van der Waals surface area contributed by atoms with Crippen LogP contribution in [-0.4, -0.2) is 45.2 Å². The molecule has 0 bridgehead atoms. The summed E-state index contributed by atoms with van der Waals surface area (Å²) >= 11 is 0. The molecule has 2 rings (SSSR count). The number of ether oxygens (including phenoxy) is 2. The molecule has 0 aliphatic carbocycles. The molecule has 0 unspecified atom stereocenters. The van der Waals surface area contributed by atoms with Crippen molar-refractivity contribution in [2.45, 2.75) is 39.0 Å². The summed E-state index contributed by atoms with van der Waals surface area (Å²) in [5.74, 6) is -0.494. The maximum Gasteiger partial charge on any atom is 0.408 e. The highest BCUT2D eigenvalue weighted by atomic mass is 16.6. The molecule has 1 amide bonds. The lowest BCUT2D eigenvalue weighted by atomic mass is 10.2. The first kappa shape index (κ1) is 19.3. The molecule has 2 aromatic rings. The van der Waals surface area contributed by atoms with E-state index in [4.69, 9.17) is 14.6 Å². The molecule has 1 aromatic carbocycles. The van der Waals surface area contributed by atoms with Crippen LogP contribution in [-0.2, 0) is 11.3 Å². The summed E-state index contributed by atoms with van der Waals surface area (Å²) in [6.45, 7) is 5.94. The van der Waals surface area contributed by atoms with Crippen molar-refractivity contribution in [1.29, 1.82) is 0 Å². The van der Waals surface area contributed by atoms with E-state index in [1.54, 1.807) is 56.0 Å². The van der Waals surface area contributed by atoms with Crippen molar-refractivity contribution < 1.29 is 24.2 Å². The van der Waals surface area contributed by atoms with Crippen LogP contribution in [0.3, 0.4) is 0 Å². The summed E-state index contributed by atoms with van der Waals surface area (Å²) in [5.41, 5.74) is -0.425. The van der Waals surface area contributed by atoms with Crippen LogP contribution in [0.4, 0.5) is 4.79 Å². The highest BCUT2D eigenvalue weighted by Gasteiger charge is 2.20. The van der Waals surface area contributed by atoms with Crippen molar-refractivity contribution in [3.8, 4) is 5.75 Å². The number of benzene rings is 1. The van der Waals surface area contributed by atoms with E-state index in [-0.39, 0.29) is 18.2 Å². The number of aromatic carboxylic acids is 1. The van der Waals surface area contributed by atoms with E-state index in [1.807, 2.05) is 0 Å². The van der Waals surface area contributed by atoms with Gasteiger partial charge >= 0.3 is 12.1 Å². The van der Waals surface area contributed by atoms with Gasteiger partial charge in [0.1, 0.15) is 18.0 Å². The van der Waals surface area contributed by atoms with Crippen molar-refractivity contribution in [3.05, 3.63) is 48.3 Å². The number of nitrogens with one attached hydrogen (secondary N) is 1. The van der Waals surface area contributed by atoms with E-state index in [9.17, 15) is 9.59 Å². The SMILES string of the molecule is CC(C)(C)OC(=O)N[C@@H](COc1ccc(C(=O)O)cc1)Cn1cccn1. The third-order valence-electron chi connectivity index (χ3n) is 3.24. The van der Waals surface area contributed by atoms with Crippen molar-refractivity contribution in [2.24, 2.45) is 0 Å². The van der Waals surface area contributed by atoms with E-state index >= 15 is 0 Å².